The van der Waals surface area contributed by atoms with Crippen molar-refractivity contribution in [3.05, 3.63) is 82.8 Å². The molecule has 4 nitrogen and oxygen atoms in total. The molecule has 0 saturated carbocycles. The van der Waals surface area contributed by atoms with E-state index in [9.17, 15) is 4.79 Å². The first-order valence-corrected chi connectivity index (χ1v) is 12.3. The number of thioether (sulfide) groups is 1. The Morgan fingerprint density at radius 3 is 2.55 bits per heavy atom. The number of methoxy groups -OCH3 is 1. The van der Waals surface area contributed by atoms with E-state index in [1.807, 2.05) is 44.3 Å². The second kappa shape index (κ2) is 10.5. The maximum atomic E-state index is 13.0. The number of carbonyl (C=O) groups excluding carboxylic acids is 1. The van der Waals surface area contributed by atoms with Crippen LogP contribution in [0.2, 0.25) is 0 Å². The fourth-order valence-corrected chi connectivity index (χ4v) is 4.60. The van der Waals surface area contributed by atoms with Gasteiger partial charge in [-0.1, -0.05) is 51.1 Å². The largest absolute Gasteiger partial charge is 0.496 e. The SMILES string of the molecule is COc1ccccc1CC(C)N(C)C(=O)c1ccc(CSc2cc(C(C)(C)C)ccc2C)o1. The zero-order valence-corrected chi connectivity index (χ0v) is 21.6. The lowest BCUT2D eigenvalue weighted by Gasteiger charge is -2.24. The van der Waals surface area contributed by atoms with Gasteiger partial charge in [0.2, 0.25) is 0 Å². The molecule has 5 heteroatoms. The minimum absolute atomic E-state index is 0.000451. The first kappa shape index (κ1) is 25.0. The highest BCUT2D eigenvalue weighted by atomic mass is 32.2. The Labute approximate surface area is 202 Å². The summed E-state index contributed by atoms with van der Waals surface area (Å²) in [5.74, 6) is 2.59. The topological polar surface area (TPSA) is 42.7 Å². The van der Waals surface area contributed by atoms with Gasteiger partial charge in [0.15, 0.2) is 5.76 Å². The van der Waals surface area contributed by atoms with Crippen molar-refractivity contribution in [3.8, 4) is 5.75 Å². The summed E-state index contributed by atoms with van der Waals surface area (Å²) < 4.78 is 11.4. The number of benzene rings is 2. The number of likely N-dealkylation sites (N-methyl/N-ethyl adjacent to an activating group) is 1. The average molecular weight is 466 g/mol. The summed E-state index contributed by atoms with van der Waals surface area (Å²) in [6.07, 6.45) is 0.707. The van der Waals surface area contributed by atoms with Gasteiger partial charge in [0.1, 0.15) is 11.5 Å². The average Bonchev–Trinajstić information content (AvgIpc) is 3.26. The summed E-state index contributed by atoms with van der Waals surface area (Å²) in [6, 6.07) is 18.2. The highest BCUT2D eigenvalue weighted by molar-refractivity contribution is 7.98. The molecular formula is C28H35NO3S. The highest BCUT2D eigenvalue weighted by Gasteiger charge is 2.22. The van der Waals surface area contributed by atoms with Crippen molar-refractivity contribution in [2.75, 3.05) is 14.2 Å². The molecule has 0 aliphatic carbocycles. The van der Waals surface area contributed by atoms with Gasteiger partial charge in [-0.3, -0.25) is 4.79 Å². The molecule has 1 atom stereocenters. The van der Waals surface area contributed by atoms with Gasteiger partial charge in [0.05, 0.1) is 12.9 Å². The van der Waals surface area contributed by atoms with E-state index in [-0.39, 0.29) is 17.4 Å². The Bertz CT molecular complexity index is 1100. The second-order valence-corrected chi connectivity index (χ2v) is 10.6. The molecule has 0 radical (unpaired) electrons. The van der Waals surface area contributed by atoms with Crippen molar-refractivity contribution < 1.29 is 13.9 Å². The number of ether oxygens (including phenoxy) is 1. The summed E-state index contributed by atoms with van der Waals surface area (Å²) >= 11 is 1.74. The smallest absolute Gasteiger partial charge is 0.289 e. The minimum atomic E-state index is -0.112. The lowest BCUT2D eigenvalue weighted by atomic mass is 9.87. The van der Waals surface area contributed by atoms with E-state index >= 15 is 0 Å². The number of carbonyl (C=O) groups is 1. The zero-order chi connectivity index (χ0) is 24.2. The first-order valence-electron chi connectivity index (χ1n) is 11.3. The van der Waals surface area contributed by atoms with Crippen molar-refractivity contribution in [2.24, 2.45) is 0 Å². The third-order valence-electron chi connectivity index (χ3n) is 5.99. The molecule has 1 amide bonds. The molecule has 0 aliphatic rings. The lowest BCUT2D eigenvalue weighted by molar-refractivity contribution is 0.0709. The van der Waals surface area contributed by atoms with E-state index in [1.54, 1.807) is 29.8 Å². The van der Waals surface area contributed by atoms with Crippen molar-refractivity contribution >= 4 is 17.7 Å². The molecule has 0 fully saturated rings. The highest BCUT2D eigenvalue weighted by Crippen LogP contribution is 2.32. The number of furan rings is 1. The fourth-order valence-electron chi connectivity index (χ4n) is 3.64. The molecule has 1 unspecified atom stereocenters. The molecule has 1 aromatic heterocycles. The standard InChI is InChI=1S/C28H35NO3S/c1-19-12-13-22(28(3,4)5)17-26(19)33-18-23-14-15-25(32-23)27(30)29(6)20(2)16-21-10-8-9-11-24(21)31-7/h8-15,17,20H,16,18H2,1-7H3. The van der Waals surface area contributed by atoms with E-state index in [2.05, 4.69) is 45.9 Å². The van der Waals surface area contributed by atoms with Crippen LogP contribution in [0, 0.1) is 6.92 Å². The Kier molecular flexibility index (Phi) is 7.96. The van der Waals surface area contributed by atoms with Crippen LogP contribution >= 0.6 is 11.8 Å². The summed E-state index contributed by atoms with van der Waals surface area (Å²) in [5.41, 5.74) is 3.76. The van der Waals surface area contributed by atoms with Gasteiger partial charge in [0.25, 0.3) is 5.91 Å². The summed E-state index contributed by atoms with van der Waals surface area (Å²) in [7, 11) is 3.49. The van der Waals surface area contributed by atoms with Crippen LogP contribution < -0.4 is 4.74 Å². The summed E-state index contributed by atoms with van der Waals surface area (Å²) in [4.78, 5) is 16.0. The van der Waals surface area contributed by atoms with Crippen LogP contribution in [0.5, 0.6) is 5.75 Å². The number of nitrogens with zero attached hydrogens (tertiary/aromatic N) is 1. The first-order chi connectivity index (χ1) is 15.6. The summed E-state index contributed by atoms with van der Waals surface area (Å²) in [5, 5.41) is 0. The molecule has 1 heterocycles. The molecule has 0 bridgehead atoms. The lowest BCUT2D eigenvalue weighted by Crippen LogP contribution is -2.36. The number of rotatable bonds is 8. The van der Waals surface area contributed by atoms with Gasteiger partial charge >= 0.3 is 0 Å². The van der Waals surface area contributed by atoms with Crippen LogP contribution in [0.3, 0.4) is 0 Å². The van der Waals surface area contributed by atoms with Crippen LogP contribution in [0.4, 0.5) is 0 Å². The normalized spacial score (nSPS) is 12.5. The molecular weight excluding hydrogens is 430 g/mol. The van der Waals surface area contributed by atoms with Crippen LogP contribution in [0.25, 0.3) is 0 Å². The van der Waals surface area contributed by atoms with Crippen molar-refractivity contribution in [1.29, 1.82) is 0 Å². The van der Waals surface area contributed by atoms with Crippen molar-refractivity contribution in [2.45, 2.75) is 63.1 Å². The van der Waals surface area contributed by atoms with Crippen LogP contribution in [0.1, 0.15) is 60.7 Å². The predicted molar refractivity (Wildman–Crippen MR) is 136 cm³/mol. The van der Waals surface area contributed by atoms with Gasteiger partial charge in [0, 0.05) is 18.0 Å². The van der Waals surface area contributed by atoms with Crippen molar-refractivity contribution in [3.63, 3.8) is 0 Å². The van der Waals surface area contributed by atoms with Gasteiger partial charge < -0.3 is 14.1 Å². The number of para-hydroxylation sites is 1. The third kappa shape index (κ3) is 6.23. The summed E-state index contributed by atoms with van der Waals surface area (Å²) in [6.45, 7) is 10.8. The monoisotopic (exact) mass is 465 g/mol. The second-order valence-electron chi connectivity index (χ2n) is 9.57. The van der Waals surface area contributed by atoms with Crippen LogP contribution in [0.15, 0.2) is 63.9 Å². The molecule has 3 aromatic rings. The molecule has 33 heavy (non-hydrogen) atoms. The van der Waals surface area contributed by atoms with E-state index in [4.69, 9.17) is 9.15 Å². The van der Waals surface area contributed by atoms with E-state index in [0.29, 0.717) is 17.9 Å². The Balaban J connectivity index is 1.64. The molecule has 176 valence electrons. The number of aryl methyl sites for hydroxylation is 1. The fraction of sp³-hybridized carbons (Fsp3) is 0.393. The minimum Gasteiger partial charge on any atom is -0.496 e. The van der Waals surface area contributed by atoms with Gasteiger partial charge in [-0.25, -0.2) is 0 Å². The third-order valence-corrected chi connectivity index (χ3v) is 7.17. The van der Waals surface area contributed by atoms with Crippen LogP contribution in [-0.4, -0.2) is 31.0 Å². The Morgan fingerprint density at radius 2 is 1.85 bits per heavy atom. The van der Waals surface area contributed by atoms with Gasteiger partial charge in [-0.05, 0) is 66.6 Å². The number of hydrogen-bond acceptors (Lipinski definition) is 4. The zero-order valence-electron chi connectivity index (χ0n) is 20.8. The maximum Gasteiger partial charge on any atom is 0.289 e. The maximum absolute atomic E-state index is 13.0. The molecule has 3 rings (SSSR count). The molecule has 0 aliphatic heterocycles. The Morgan fingerprint density at radius 1 is 1.12 bits per heavy atom. The van der Waals surface area contributed by atoms with Gasteiger partial charge in [-0.2, -0.15) is 0 Å². The molecule has 2 aromatic carbocycles. The number of amides is 1. The van der Waals surface area contributed by atoms with Crippen LogP contribution in [-0.2, 0) is 17.6 Å². The van der Waals surface area contributed by atoms with Gasteiger partial charge in [-0.15, -0.1) is 11.8 Å². The van der Waals surface area contributed by atoms with E-state index in [1.165, 1.54) is 16.0 Å². The van der Waals surface area contributed by atoms with E-state index in [0.717, 1.165) is 17.1 Å². The van der Waals surface area contributed by atoms with E-state index < -0.39 is 0 Å². The quantitative estimate of drug-likeness (QED) is 0.340. The molecule has 0 spiro atoms. The number of hydrogen-bond donors (Lipinski definition) is 0. The molecule has 0 N–H and O–H groups in total. The predicted octanol–water partition coefficient (Wildman–Crippen LogP) is 6.89. The molecule has 0 saturated heterocycles. The van der Waals surface area contributed by atoms with Crippen molar-refractivity contribution in [1.82, 2.24) is 4.90 Å². The Hall–Kier alpha value is -2.66.